The molecule has 1 aromatic carbocycles. The van der Waals surface area contributed by atoms with Crippen LogP contribution in [0.1, 0.15) is 24.0 Å². The van der Waals surface area contributed by atoms with Gasteiger partial charge in [-0.15, -0.1) is 0 Å². The van der Waals surface area contributed by atoms with Crippen molar-refractivity contribution in [2.75, 3.05) is 32.1 Å². The highest BCUT2D eigenvalue weighted by molar-refractivity contribution is 5.59. The second kappa shape index (κ2) is 5.72. The molecule has 0 atom stereocenters. The molecule has 0 bridgehead atoms. The third kappa shape index (κ3) is 2.68. The van der Waals surface area contributed by atoms with Crippen LogP contribution in [-0.2, 0) is 6.54 Å². The predicted octanol–water partition coefficient (Wildman–Crippen LogP) is 1.98. The highest BCUT2D eigenvalue weighted by atomic mass is 15.2. The Morgan fingerprint density at radius 1 is 1.28 bits per heavy atom. The van der Waals surface area contributed by atoms with Crippen LogP contribution >= 0.6 is 0 Å². The molecule has 3 heteroatoms. The van der Waals surface area contributed by atoms with E-state index in [9.17, 15) is 0 Å². The van der Waals surface area contributed by atoms with E-state index in [1.807, 2.05) is 0 Å². The van der Waals surface area contributed by atoms with Crippen molar-refractivity contribution in [2.24, 2.45) is 5.73 Å². The Morgan fingerprint density at radius 2 is 1.94 bits per heavy atom. The Balaban J connectivity index is 2.14. The number of aryl methyl sites for hydroxylation is 1. The van der Waals surface area contributed by atoms with E-state index < -0.39 is 0 Å². The average molecular weight is 247 g/mol. The highest BCUT2D eigenvalue weighted by Crippen LogP contribution is 2.28. The molecule has 2 rings (SSSR count). The van der Waals surface area contributed by atoms with Crippen LogP contribution in [0.3, 0.4) is 0 Å². The fourth-order valence-electron chi connectivity index (χ4n) is 2.94. The fourth-order valence-corrected chi connectivity index (χ4v) is 2.94. The minimum Gasteiger partial charge on any atom is -0.371 e. The summed E-state index contributed by atoms with van der Waals surface area (Å²) in [7, 11) is 4.36. The SMILES string of the molecule is Cc1cccc(CN)c1N1CCC(N(C)C)CC1. The first-order chi connectivity index (χ1) is 8.63. The molecular formula is C15H25N3. The zero-order valence-corrected chi connectivity index (χ0v) is 11.8. The second-order valence-corrected chi connectivity index (χ2v) is 5.47. The largest absolute Gasteiger partial charge is 0.371 e. The summed E-state index contributed by atoms with van der Waals surface area (Å²) in [6.45, 7) is 5.10. The van der Waals surface area contributed by atoms with Gasteiger partial charge in [0.15, 0.2) is 0 Å². The van der Waals surface area contributed by atoms with Gasteiger partial charge >= 0.3 is 0 Å². The zero-order chi connectivity index (χ0) is 13.1. The number of nitrogens with zero attached hydrogens (tertiary/aromatic N) is 2. The van der Waals surface area contributed by atoms with E-state index in [1.165, 1.54) is 29.7 Å². The summed E-state index contributed by atoms with van der Waals surface area (Å²) in [6.07, 6.45) is 2.48. The van der Waals surface area contributed by atoms with E-state index in [2.05, 4.69) is 49.0 Å². The predicted molar refractivity (Wildman–Crippen MR) is 78.0 cm³/mol. The van der Waals surface area contributed by atoms with Crippen LogP contribution in [0, 0.1) is 6.92 Å². The maximum atomic E-state index is 5.87. The van der Waals surface area contributed by atoms with Gasteiger partial charge in [-0.25, -0.2) is 0 Å². The van der Waals surface area contributed by atoms with Gasteiger partial charge in [0.05, 0.1) is 0 Å². The van der Waals surface area contributed by atoms with Crippen LogP contribution < -0.4 is 10.6 Å². The number of para-hydroxylation sites is 1. The van der Waals surface area contributed by atoms with Gasteiger partial charge in [-0.1, -0.05) is 18.2 Å². The molecule has 0 aromatic heterocycles. The van der Waals surface area contributed by atoms with Gasteiger partial charge < -0.3 is 15.5 Å². The molecule has 2 N–H and O–H groups in total. The molecule has 0 radical (unpaired) electrons. The molecule has 0 spiro atoms. The molecule has 0 saturated carbocycles. The van der Waals surface area contributed by atoms with Gasteiger partial charge in [-0.3, -0.25) is 0 Å². The van der Waals surface area contributed by atoms with E-state index >= 15 is 0 Å². The van der Waals surface area contributed by atoms with Gasteiger partial charge in [0.25, 0.3) is 0 Å². The highest BCUT2D eigenvalue weighted by Gasteiger charge is 2.22. The van der Waals surface area contributed by atoms with E-state index in [0.717, 1.165) is 19.1 Å². The van der Waals surface area contributed by atoms with Crippen LogP contribution in [0.5, 0.6) is 0 Å². The average Bonchev–Trinajstić information content (AvgIpc) is 2.38. The van der Waals surface area contributed by atoms with Crippen molar-refractivity contribution < 1.29 is 0 Å². The van der Waals surface area contributed by atoms with E-state index in [1.54, 1.807) is 0 Å². The van der Waals surface area contributed by atoms with Crippen LogP contribution in [0.25, 0.3) is 0 Å². The summed E-state index contributed by atoms with van der Waals surface area (Å²) in [6, 6.07) is 7.17. The molecule has 0 amide bonds. The minimum absolute atomic E-state index is 0.630. The lowest BCUT2D eigenvalue weighted by atomic mass is 10.00. The first-order valence-electron chi connectivity index (χ1n) is 6.83. The Labute approximate surface area is 111 Å². The lowest BCUT2D eigenvalue weighted by Gasteiger charge is -2.38. The normalized spacial score (nSPS) is 17.5. The van der Waals surface area contributed by atoms with Crippen molar-refractivity contribution in [2.45, 2.75) is 32.4 Å². The number of anilines is 1. The standard InChI is InChI=1S/C15H25N3/c1-12-5-4-6-13(11-16)15(12)18-9-7-14(8-10-18)17(2)3/h4-6,14H,7-11,16H2,1-3H3. The summed E-state index contributed by atoms with van der Waals surface area (Å²) >= 11 is 0. The molecular weight excluding hydrogens is 222 g/mol. The maximum absolute atomic E-state index is 5.87. The molecule has 18 heavy (non-hydrogen) atoms. The van der Waals surface area contributed by atoms with Gasteiger partial charge in [0, 0.05) is 31.4 Å². The van der Waals surface area contributed by atoms with Crippen LogP contribution in [0.15, 0.2) is 18.2 Å². The third-order valence-electron chi connectivity index (χ3n) is 4.05. The molecule has 1 aliphatic rings. The first kappa shape index (κ1) is 13.4. The summed E-state index contributed by atoms with van der Waals surface area (Å²) in [5.41, 5.74) is 9.86. The number of benzene rings is 1. The van der Waals surface area contributed by atoms with Gasteiger partial charge in [0.2, 0.25) is 0 Å². The summed E-state index contributed by atoms with van der Waals surface area (Å²) in [5, 5.41) is 0. The Hall–Kier alpha value is -1.06. The Bertz CT molecular complexity index is 393. The molecule has 0 unspecified atom stereocenters. The molecule has 1 saturated heterocycles. The van der Waals surface area contributed by atoms with Gasteiger partial charge in [0.1, 0.15) is 0 Å². The maximum Gasteiger partial charge on any atom is 0.0441 e. The third-order valence-corrected chi connectivity index (χ3v) is 4.05. The van der Waals surface area contributed by atoms with Crippen LogP contribution in [0.4, 0.5) is 5.69 Å². The second-order valence-electron chi connectivity index (χ2n) is 5.47. The van der Waals surface area contributed by atoms with E-state index in [0.29, 0.717) is 6.54 Å². The molecule has 1 aliphatic heterocycles. The zero-order valence-electron chi connectivity index (χ0n) is 11.8. The number of rotatable bonds is 3. The quantitative estimate of drug-likeness (QED) is 0.886. The molecule has 100 valence electrons. The van der Waals surface area contributed by atoms with Crippen molar-refractivity contribution in [1.82, 2.24) is 4.90 Å². The summed E-state index contributed by atoms with van der Waals surface area (Å²) in [5.74, 6) is 0. The van der Waals surface area contributed by atoms with Crippen LogP contribution in [-0.4, -0.2) is 38.1 Å². The van der Waals surface area contributed by atoms with Crippen molar-refractivity contribution >= 4 is 5.69 Å². The van der Waals surface area contributed by atoms with Crippen molar-refractivity contribution in [1.29, 1.82) is 0 Å². The lowest BCUT2D eigenvalue weighted by Crippen LogP contribution is -2.42. The summed E-state index contributed by atoms with van der Waals surface area (Å²) in [4.78, 5) is 4.86. The smallest absolute Gasteiger partial charge is 0.0441 e. The number of hydrogen-bond donors (Lipinski definition) is 1. The minimum atomic E-state index is 0.630. The topological polar surface area (TPSA) is 32.5 Å². The molecule has 0 aliphatic carbocycles. The summed E-state index contributed by atoms with van der Waals surface area (Å²) < 4.78 is 0. The molecule has 1 heterocycles. The fraction of sp³-hybridized carbons (Fsp3) is 0.600. The van der Waals surface area contributed by atoms with E-state index in [-0.39, 0.29) is 0 Å². The van der Waals surface area contributed by atoms with Crippen LogP contribution in [0.2, 0.25) is 0 Å². The molecule has 3 nitrogen and oxygen atoms in total. The van der Waals surface area contributed by atoms with Crippen molar-refractivity contribution in [3.05, 3.63) is 29.3 Å². The Morgan fingerprint density at radius 3 is 2.50 bits per heavy atom. The monoisotopic (exact) mass is 247 g/mol. The molecule has 1 aromatic rings. The van der Waals surface area contributed by atoms with Gasteiger partial charge in [-0.2, -0.15) is 0 Å². The van der Waals surface area contributed by atoms with E-state index in [4.69, 9.17) is 5.73 Å². The van der Waals surface area contributed by atoms with Crippen molar-refractivity contribution in [3.8, 4) is 0 Å². The first-order valence-corrected chi connectivity index (χ1v) is 6.83. The van der Waals surface area contributed by atoms with Gasteiger partial charge in [-0.05, 0) is 45.0 Å². The number of piperidine rings is 1. The lowest BCUT2D eigenvalue weighted by molar-refractivity contribution is 0.249. The molecule has 1 fully saturated rings. The Kier molecular flexibility index (Phi) is 4.25. The number of nitrogens with two attached hydrogens (primary N) is 1. The van der Waals surface area contributed by atoms with Crippen molar-refractivity contribution in [3.63, 3.8) is 0 Å². The number of hydrogen-bond acceptors (Lipinski definition) is 3.